The zero-order valence-electron chi connectivity index (χ0n) is 105. The fourth-order valence-corrected chi connectivity index (χ4v) is 17.7. The van der Waals surface area contributed by atoms with Crippen LogP contribution in [0.2, 0.25) is 0 Å². The minimum absolute atomic E-state index is 0.0193. The molecule has 7 aliphatic carbocycles. The van der Waals surface area contributed by atoms with Gasteiger partial charge in [-0.1, -0.05) is 42.4 Å². The molecule has 7 unspecified atom stereocenters. The van der Waals surface area contributed by atoms with Gasteiger partial charge in [-0.25, -0.2) is 34.9 Å². The van der Waals surface area contributed by atoms with E-state index < -0.39 is 266 Å². The van der Waals surface area contributed by atoms with Crippen LogP contribution in [-0.2, 0) is 67.1 Å². The lowest BCUT2D eigenvalue weighted by atomic mass is 9.92. The number of nitrogens with zero attached hydrogens (tertiary/aromatic N) is 14. The van der Waals surface area contributed by atoms with Crippen LogP contribution in [0.5, 0.6) is 0 Å². The van der Waals surface area contributed by atoms with Crippen molar-refractivity contribution < 1.29 is 104 Å². The highest BCUT2D eigenvalue weighted by molar-refractivity contribution is 6.09. The number of nitrogen functional groups attached to an aromatic ring is 7. The number of nitrogens with two attached hydrogens (primary N) is 7. The average Bonchev–Trinajstić information content (AvgIpc) is 0.721. The van der Waals surface area contributed by atoms with Crippen molar-refractivity contribution in [1.82, 2.24) is 66.9 Å². The summed E-state index contributed by atoms with van der Waals surface area (Å²) in [4.78, 5) is 286. The molecule has 7 aliphatic rings. The molecule has 14 aromatic rings. The summed E-state index contributed by atoms with van der Waals surface area (Å²) in [7, 11) is 0. The van der Waals surface area contributed by atoms with E-state index in [1.54, 1.807) is 42.5 Å². The second kappa shape index (κ2) is 43.0. The van der Waals surface area contributed by atoms with Gasteiger partial charge in [0.25, 0.3) is 38.9 Å². The normalized spacial score (nSPS) is 23.9. The van der Waals surface area contributed by atoms with Crippen molar-refractivity contribution >= 4 is 197 Å². The van der Waals surface area contributed by atoms with Crippen molar-refractivity contribution in [3.8, 4) is 0 Å². The molecule has 0 radical (unpaired) electrons. The maximum absolute atomic E-state index is 13.1. The summed E-state index contributed by atoms with van der Waals surface area (Å²) >= 11 is 0. The first-order valence-electron chi connectivity index (χ1n) is 59.6. The number of hydrogen-bond donors (Lipinski definition) is 7. The molecule has 147 heavy (non-hydrogen) atoms. The van der Waals surface area contributed by atoms with Gasteiger partial charge in [0.1, 0.15) is 81.3 Å². The molecule has 0 spiro atoms. The second-order valence-corrected chi connectivity index (χ2v) is 34.4. The maximum Gasteiger partial charge on any atom is 0.264 e. The van der Waals surface area contributed by atoms with Crippen LogP contribution < -0.4 is 79.1 Å². The summed E-state index contributed by atoms with van der Waals surface area (Å²) in [6.45, 7) is -8.14. The molecule has 7 heterocycles. The third kappa shape index (κ3) is 21.2. The SMILES string of the molecule is [2H]C([2H])c1nc2cccc(N)c2c(=O)n1C1([2H])CCC(=O)CC1=O.[2H]C([2H])c1nc2cccc(N)c2c(=O)n1C1CCC(=O)CC1=O.[2H]Cc1nc2c([2H])c([2H])c([2H])c(N)c2c(=O)n1C1([2H])CCC(=O)CC1=O.[2H]Cc1nc2c([2H])c([2H])c([2H])c(N)c2c(=O)n1C1CCC(=O)CC1=O.[2H]Cc1nc2cccc(N)c2c(=O)n1C1([2H])CCC(=O)CC1=O.[2H]c1c([2H])c(N)c2c(=O)n(C3([2H])CCC(=O)CC3=O)c(C([2H])[2H])nc2c1[2H].[2H]c1c([2H])c(N)c2c(=O)n(C3CCC(=O)CC3=O)c(C([2H])[2H])nc2c1[2H]. The Hall–Kier alpha value is -17.5. The Kier molecular flexibility index (Phi) is 21.5. The van der Waals surface area contributed by atoms with Crippen molar-refractivity contribution in [1.29, 1.82) is 0 Å². The first-order chi connectivity index (χ1) is 81.6. The summed E-state index contributed by atoms with van der Waals surface area (Å²) in [6, 6.07) is -3.05. The van der Waals surface area contributed by atoms with Crippen LogP contribution in [0.15, 0.2) is 161 Å². The molecule has 7 atom stereocenters. The molecule has 7 fully saturated rings. The van der Waals surface area contributed by atoms with E-state index >= 15 is 0 Å². The Morgan fingerprint density at radius 1 is 0.238 bits per heavy atom. The Labute approximate surface area is 871 Å². The highest BCUT2D eigenvalue weighted by atomic mass is 16.2. The van der Waals surface area contributed by atoms with Gasteiger partial charge in [-0.2, -0.15) is 0 Å². The number of hydrogen-bond acceptors (Lipinski definition) is 35. The zero-order chi connectivity index (χ0) is 129. The van der Waals surface area contributed by atoms with Gasteiger partial charge >= 0.3 is 0 Å². The largest absolute Gasteiger partial charge is 0.398 e. The van der Waals surface area contributed by atoms with E-state index in [0.29, 0.717) is 15.6 Å². The minimum Gasteiger partial charge on any atom is -0.398 e. The van der Waals surface area contributed by atoms with E-state index in [0.717, 1.165) is 27.4 Å². The maximum atomic E-state index is 13.1. The van der Waals surface area contributed by atoms with E-state index in [1.807, 2.05) is 0 Å². The van der Waals surface area contributed by atoms with E-state index in [2.05, 4.69) is 34.9 Å². The van der Waals surface area contributed by atoms with E-state index in [-0.39, 0.29) is 298 Å². The van der Waals surface area contributed by atoms with Crippen molar-refractivity contribution in [3.63, 3.8) is 0 Å². The fourth-order valence-electron chi connectivity index (χ4n) is 17.7. The number of aromatic nitrogens is 14. The fraction of sp³-hybridized carbons (Fsp3) is 0.333. The molecule has 21 rings (SSSR count). The predicted molar refractivity (Wildman–Crippen MR) is 546 cm³/mol. The molecule has 7 aromatic carbocycles. The predicted octanol–water partition coefficient (Wildman–Crippen LogP) is 8.05. The molecule has 756 valence electrons. The molecular formula is C105H105N21O21. The van der Waals surface area contributed by atoms with Crippen LogP contribution >= 0.6 is 0 Å². The Bertz CT molecular complexity index is 9890. The highest BCUT2D eigenvalue weighted by Crippen LogP contribution is 2.35. The van der Waals surface area contributed by atoms with Crippen LogP contribution in [-0.4, -0.2) is 148 Å². The molecule has 0 amide bonds. The molecule has 0 saturated heterocycles. The lowest BCUT2D eigenvalue weighted by molar-refractivity contribution is -0.133. The zero-order valence-corrected chi connectivity index (χ0v) is 77.6. The summed E-state index contributed by atoms with van der Waals surface area (Å²) < 4.78 is 218. The third-order valence-electron chi connectivity index (χ3n) is 24.7. The first kappa shape index (κ1) is 73.6. The van der Waals surface area contributed by atoms with Crippen LogP contribution in [0.25, 0.3) is 76.3 Å². The topological polar surface area (TPSA) is 665 Å². The number of benzene rings is 7. The summed E-state index contributed by atoms with van der Waals surface area (Å²) in [5, 5.41) is -0.898. The van der Waals surface area contributed by atoms with E-state index in [4.69, 9.17) is 77.1 Å². The second-order valence-electron chi connectivity index (χ2n) is 34.4. The third-order valence-corrected chi connectivity index (χ3v) is 24.7. The number of aryl methyl sites for hydroxylation is 7. The van der Waals surface area contributed by atoms with Gasteiger partial charge in [0.2, 0.25) is 0 Å². The monoisotopic (exact) mass is 2020 g/mol. The van der Waals surface area contributed by atoms with Crippen molar-refractivity contribution in [2.75, 3.05) is 40.1 Å². The van der Waals surface area contributed by atoms with Gasteiger partial charge in [0, 0.05) is 99.8 Å². The smallest absolute Gasteiger partial charge is 0.264 e. The van der Waals surface area contributed by atoms with E-state index in [9.17, 15) is 101 Å². The summed E-state index contributed by atoms with van der Waals surface area (Å²) in [5.74, 6) is -7.80. The Balaban J connectivity index is 0.000000148. The number of Topliss-reactive ketones (excluding diaryl/α,β-unsaturated/α-hetero) is 14. The molecule has 14 N–H and O–H groups in total. The minimum atomic E-state index is -2.24. The van der Waals surface area contributed by atoms with Gasteiger partial charge in [-0.3, -0.25) is 133 Å². The summed E-state index contributed by atoms with van der Waals surface area (Å²) in [6.07, 6.45) is -2.98. The van der Waals surface area contributed by atoms with Crippen molar-refractivity contribution in [3.05, 3.63) is 240 Å². The van der Waals surface area contributed by atoms with Gasteiger partial charge in [-0.15, -0.1) is 0 Å². The molecule has 0 aliphatic heterocycles. The number of anilines is 7. The number of rotatable bonds is 7. The van der Waals surface area contributed by atoms with Gasteiger partial charge in [0.15, 0.2) is 40.5 Å². The van der Waals surface area contributed by atoms with E-state index in [1.165, 1.54) is 12.1 Å². The average molecular weight is 2020 g/mol. The van der Waals surface area contributed by atoms with Crippen LogP contribution in [0.1, 0.15) is 255 Å². The number of fused-ring (bicyclic) bond motifs is 7. The molecule has 42 heteroatoms. The first-order valence-corrected chi connectivity index (χ1v) is 44.9. The molecular weight excluding hydrogens is 1890 g/mol. The number of carbonyl (C=O) groups excluding carboxylic acids is 14. The van der Waals surface area contributed by atoms with Gasteiger partial charge in [-0.05, 0) is 178 Å². The lowest BCUT2D eigenvalue weighted by Gasteiger charge is -2.24. The van der Waals surface area contributed by atoms with Crippen LogP contribution in [0, 0.1) is 48.2 Å². The number of ketones is 14. The molecule has 7 saturated carbocycles. The van der Waals surface area contributed by atoms with Crippen molar-refractivity contribution in [2.24, 2.45) is 0 Å². The van der Waals surface area contributed by atoms with Crippen LogP contribution in [0.4, 0.5) is 39.8 Å². The quantitative estimate of drug-likeness (QED) is 0.0585. The highest BCUT2D eigenvalue weighted by Gasteiger charge is 2.39. The van der Waals surface area contributed by atoms with Crippen LogP contribution in [0.3, 0.4) is 0 Å². The summed E-state index contributed by atoms with van der Waals surface area (Å²) in [5.41, 5.74) is 34.2. The number of carbonyl (C=O) groups is 14. The molecule has 0 bridgehead atoms. The Morgan fingerprint density at radius 2 is 0.429 bits per heavy atom. The van der Waals surface area contributed by atoms with Gasteiger partial charge in [0.05, 0.1) is 185 Å². The van der Waals surface area contributed by atoms with Crippen molar-refractivity contribution in [2.45, 2.75) is 225 Å². The molecule has 7 aromatic heterocycles. The Morgan fingerprint density at radius 3 is 0.667 bits per heavy atom. The standard InChI is InChI=1S/7C15H15N3O3/c7*1-8-17-11-4-2-3-10(16)14(11)15(21)18(8)12-6-5-9(19)7-13(12)20/h7*2-4,12H,5-7,16H2,1H3/i1D2,2D,3D,4D,12D;1D,2D,3D,4D,12D;1D2,2D,3D,4D;1D,2D,3D,4D;1D2,12D;1D,12D;1D2. The lowest BCUT2D eigenvalue weighted by Crippen LogP contribution is -2.36. The molecule has 42 nitrogen and oxygen atoms in total. The van der Waals surface area contributed by atoms with Gasteiger partial charge < -0.3 is 40.1 Å².